The van der Waals surface area contributed by atoms with E-state index in [1.54, 1.807) is 29.2 Å². The van der Waals surface area contributed by atoms with Gasteiger partial charge in [-0.2, -0.15) is 0 Å². The van der Waals surface area contributed by atoms with E-state index in [0.717, 1.165) is 10.2 Å². The molecule has 1 aliphatic heterocycles. The molecule has 0 radical (unpaired) electrons. The van der Waals surface area contributed by atoms with E-state index in [9.17, 15) is 9.59 Å². The molecule has 29 heavy (non-hydrogen) atoms. The van der Waals surface area contributed by atoms with Gasteiger partial charge in [-0.3, -0.25) is 9.59 Å². The van der Waals surface area contributed by atoms with Crippen LogP contribution in [0.3, 0.4) is 0 Å². The van der Waals surface area contributed by atoms with Crippen LogP contribution < -0.4 is 15.0 Å². The molecular formula is C22H21N3O3S. The van der Waals surface area contributed by atoms with Crippen LogP contribution in [0.4, 0.5) is 11.4 Å². The zero-order chi connectivity index (χ0) is 20.6. The lowest BCUT2D eigenvalue weighted by Gasteiger charge is -2.27. The average molecular weight is 407 g/mol. The minimum Gasteiger partial charge on any atom is -0.490 e. The number of benzene rings is 2. The van der Waals surface area contributed by atoms with E-state index >= 15 is 0 Å². The molecule has 1 aromatic heterocycles. The second kappa shape index (κ2) is 7.33. The summed E-state index contributed by atoms with van der Waals surface area (Å²) >= 11 is 1.35. The number of para-hydroxylation sites is 1. The van der Waals surface area contributed by atoms with Crippen LogP contribution in [-0.4, -0.2) is 29.9 Å². The fraction of sp³-hybridized carbons (Fsp3) is 0.227. The summed E-state index contributed by atoms with van der Waals surface area (Å²) in [7, 11) is 0. The molecular weight excluding hydrogens is 386 g/mol. The van der Waals surface area contributed by atoms with Crippen molar-refractivity contribution in [3.8, 4) is 5.75 Å². The fourth-order valence-electron chi connectivity index (χ4n) is 3.19. The van der Waals surface area contributed by atoms with Crippen molar-refractivity contribution in [1.82, 2.24) is 4.98 Å². The number of carbonyl (C=O) groups is 2. The van der Waals surface area contributed by atoms with E-state index in [-0.39, 0.29) is 18.4 Å². The Morgan fingerprint density at radius 1 is 1.34 bits per heavy atom. The number of anilines is 2. The minimum atomic E-state index is -0.660. The highest BCUT2D eigenvalue weighted by molar-refractivity contribution is 7.20. The minimum absolute atomic E-state index is 0.0255. The first-order valence-electron chi connectivity index (χ1n) is 9.26. The topological polar surface area (TPSA) is 71.5 Å². The Kier molecular flexibility index (Phi) is 4.84. The van der Waals surface area contributed by atoms with Crippen molar-refractivity contribution in [2.24, 2.45) is 5.41 Å². The Labute approximate surface area is 172 Å². The monoisotopic (exact) mass is 407 g/mol. The molecule has 6 nitrogen and oxygen atoms in total. The van der Waals surface area contributed by atoms with Crippen molar-refractivity contribution in [2.45, 2.75) is 13.8 Å². The number of thiazole rings is 1. The number of fused-ring (bicyclic) bond motifs is 2. The summed E-state index contributed by atoms with van der Waals surface area (Å²) in [6.07, 6.45) is 1.69. The Balaban J connectivity index is 1.62. The van der Waals surface area contributed by atoms with E-state index < -0.39 is 5.41 Å². The molecule has 0 atom stereocenters. The standard InChI is InChI=1S/C22H21N3O3S/c1-4-11-25-16-10-9-14(12-17(16)28-13-22(2,3)21(25)27)23-19(26)20-24-15-7-5-6-8-18(15)29-20/h4-10,12H,1,11,13H2,2-3H3,(H,23,26). The summed E-state index contributed by atoms with van der Waals surface area (Å²) in [4.78, 5) is 31.6. The summed E-state index contributed by atoms with van der Waals surface area (Å²) in [6, 6.07) is 12.9. The highest BCUT2D eigenvalue weighted by atomic mass is 32.1. The van der Waals surface area contributed by atoms with Crippen LogP contribution in [0.2, 0.25) is 0 Å². The van der Waals surface area contributed by atoms with Crippen molar-refractivity contribution >= 4 is 44.7 Å². The van der Waals surface area contributed by atoms with Crippen LogP contribution in [0.5, 0.6) is 5.75 Å². The number of hydrogen-bond acceptors (Lipinski definition) is 5. The zero-order valence-corrected chi connectivity index (χ0v) is 17.1. The number of nitrogens with zero attached hydrogens (tertiary/aromatic N) is 2. The van der Waals surface area contributed by atoms with Crippen LogP contribution in [0, 0.1) is 5.41 Å². The van der Waals surface area contributed by atoms with Gasteiger partial charge in [-0.15, -0.1) is 17.9 Å². The third-order valence-corrected chi connectivity index (χ3v) is 5.76. The van der Waals surface area contributed by atoms with Gasteiger partial charge < -0.3 is 15.0 Å². The molecule has 0 spiro atoms. The predicted molar refractivity (Wildman–Crippen MR) is 116 cm³/mol. The van der Waals surface area contributed by atoms with Gasteiger partial charge in [-0.25, -0.2) is 4.98 Å². The number of aromatic nitrogens is 1. The Bertz CT molecular complexity index is 1090. The highest BCUT2D eigenvalue weighted by Crippen LogP contribution is 2.38. The molecule has 2 heterocycles. The lowest BCUT2D eigenvalue weighted by molar-refractivity contribution is -0.127. The zero-order valence-electron chi connectivity index (χ0n) is 16.3. The molecule has 0 fully saturated rings. The molecule has 1 aliphatic rings. The van der Waals surface area contributed by atoms with Gasteiger partial charge in [0.15, 0.2) is 5.01 Å². The molecule has 0 unspecified atom stereocenters. The maximum atomic E-state index is 12.9. The van der Waals surface area contributed by atoms with Crippen LogP contribution in [-0.2, 0) is 4.79 Å². The van der Waals surface area contributed by atoms with Crippen molar-refractivity contribution in [1.29, 1.82) is 0 Å². The van der Waals surface area contributed by atoms with Gasteiger partial charge >= 0.3 is 0 Å². The fourth-order valence-corrected chi connectivity index (χ4v) is 4.05. The molecule has 2 amide bonds. The number of nitrogens with one attached hydrogen (secondary N) is 1. The molecule has 0 aliphatic carbocycles. The van der Waals surface area contributed by atoms with Crippen LogP contribution in [0.15, 0.2) is 55.1 Å². The summed E-state index contributed by atoms with van der Waals surface area (Å²) in [6.45, 7) is 8.10. The number of carbonyl (C=O) groups excluding carboxylic acids is 2. The first kappa shape index (κ1) is 19.1. The maximum Gasteiger partial charge on any atom is 0.284 e. The lowest BCUT2D eigenvalue weighted by Crippen LogP contribution is -2.42. The molecule has 0 saturated carbocycles. The lowest BCUT2D eigenvalue weighted by atomic mass is 9.93. The normalized spacial score (nSPS) is 15.4. The van der Waals surface area contributed by atoms with Crippen molar-refractivity contribution < 1.29 is 14.3 Å². The Hall–Kier alpha value is -3.19. The second-order valence-corrected chi connectivity index (χ2v) is 8.53. The Morgan fingerprint density at radius 3 is 2.90 bits per heavy atom. The first-order valence-corrected chi connectivity index (χ1v) is 10.1. The average Bonchev–Trinajstić information content (AvgIpc) is 3.11. The van der Waals surface area contributed by atoms with Gasteiger partial charge in [-0.1, -0.05) is 18.2 Å². The third kappa shape index (κ3) is 3.61. The molecule has 1 N–H and O–H groups in total. The summed E-state index contributed by atoms with van der Waals surface area (Å²) in [5.74, 6) is 0.245. The van der Waals surface area contributed by atoms with E-state index in [0.29, 0.717) is 28.7 Å². The number of amides is 2. The third-order valence-electron chi connectivity index (χ3n) is 4.72. The number of hydrogen-bond donors (Lipinski definition) is 1. The van der Waals surface area contributed by atoms with Crippen LogP contribution in [0.25, 0.3) is 10.2 Å². The predicted octanol–water partition coefficient (Wildman–Crippen LogP) is 4.49. The van der Waals surface area contributed by atoms with E-state index in [1.807, 2.05) is 38.1 Å². The molecule has 2 aromatic carbocycles. The number of ether oxygens (including phenoxy) is 1. The quantitative estimate of drug-likeness (QED) is 0.647. The second-order valence-electron chi connectivity index (χ2n) is 7.50. The molecule has 148 valence electrons. The molecule has 0 saturated heterocycles. The van der Waals surface area contributed by atoms with Gasteiger partial charge in [0, 0.05) is 18.3 Å². The largest absolute Gasteiger partial charge is 0.490 e. The molecule has 7 heteroatoms. The van der Waals surface area contributed by atoms with E-state index in [2.05, 4.69) is 16.9 Å². The van der Waals surface area contributed by atoms with Crippen molar-refractivity contribution in [2.75, 3.05) is 23.4 Å². The van der Waals surface area contributed by atoms with Crippen LogP contribution >= 0.6 is 11.3 Å². The van der Waals surface area contributed by atoms with Crippen molar-refractivity contribution in [3.63, 3.8) is 0 Å². The molecule has 0 bridgehead atoms. The van der Waals surface area contributed by atoms with Crippen LogP contribution in [0.1, 0.15) is 23.6 Å². The molecule has 4 rings (SSSR count). The van der Waals surface area contributed by atoms with Gasteiger partial charge in [-0.05, 0) is 38.1 Å². The Morgan fingerprint density at radius 2 is 2.14 bits per heavy atom. The summed E-state index contributed by atoms with van der Waals surface area (Å²) in [5.41, 5.74) is 1.39. The van der Waals surface area contributed by atoms with Crippen molar-refractivity contribution in [3.05, 3.63) is 60.1 Å². The number of rotatable bonds is 4. The first-order chi connectivity index (χ1) is 13.9. The summed E-state index contributed by atoms with van der Waals surface area (Å²) in [5, 5.41) is 3.27. The van der Waals surface area contributed by atoms with E-state index in [4.69, 9.17) is 4.74 Å². The maximum absolute atomic E-state index is 12.9. The SMILES string of the molecule is C=CCN1C(=O)C(C)(C)COc2cc(NC(=O)c3nc4ccccc4s3)ccc21. The van der Waals surface area contributed by atoms with Gasteiger partial charge in [0.1, 0.15) is 12.4 Å². The van der Waals surface area contributed by atoms with E-state index in [1.165, 1.54) is 11.3 Å². The summed E-state index contributed by atoms with van der Waals surface area (Å²) < 4.78 is 6.89. The van der Waals surface area contributed by atoms with Gasteiger partial charge in [0.05, 0.1) is 21.3 Å². The van der Waals surface area contributed by atoms with Gasteiger partial charge in [0.25, 0.3) is 5.91 Å². The van der Waals surface area contributed by atoms with Gasteiger partial charge in [0.2, 0.25) is 5.91 Å². The highest BCUT2D eigenvalue weighted by Gasteiger charge is 2.37. The molecule has 3 aromatic rings. The smallest absolute Gasteiger partial charge is 0.284 e.